The molecule has 1 saturated carbocycles. The molecule has 0 spiro atoms. The van der Waals surface area contributed by atoms with E-state index in [2.05, 4.69) is 4.90 Å². The number of rotatable bonds is 9. The largest absolute Gasteiger partial charge is 0.497 e. The molecule has 1 aromatic carbocycles. The Bertz CT molecular complexity index is 680. The number of nitrogens with zero attached hydrogens (tertiary/aromatic N) is 2. The summed E-state index contributed by atoms with van der Waals surface area (Å²) in [6, 6.07) is 6.39. The Morgan fingerprint density at radius 1 is 1.13 bits per heavy atom. The van der Waals surface area contributed by atoms with Crippen molar-refractivity contribution < 1.29 is 19.0 Å². The second-order valence-electron chi connectivity index (χ2n) is 8.74. The molecule has 0 bridgehead atoms. The average Bonchev–Trinajstić information content (AvgIpc) is 3.29. The molecular formula is C24H38N2O4. The zero-order valence-electron chi connectivity index (χ0n) is 19.1. The predicted molar refractivity (Wildman–Crippen MR) is 119 cm³/mol. The Morgan fingerprint density at radius 3 is 2.43 bits per heavy atom. The van der Waals surface area contributed by atoms with E-state index in [-0.39, 0.29) is 18.1 Å². The number of piperidine rings is 1. The number of carbonyl (C=O) groups is 1. The molecule has 168 valence electrons. The molecule has 0 N–H and O–H groups in total. The Hall–Kier alpha value is -1.79. The first-order valence-electron chi connectivity index (χ1n) is 11.4. The van der Waals surface area contributed by atoms with Gasteiger partial charge in [-0.15, -0.1) is 0 Å². The highest BCUT2D eigenvalue weighted by Gasteiger charge is 2.29. The number of carbonyl (C=O) groups excluding carboxylic acids is 1. The van der Waals surface area contributed by atoms with Gasteiger partial charge in [-0.25, -0.2) is 0 Å². The van der Waals surface area contributed by atoms with Crippen molar-refractivity contribution in [2.45, 2.75) is 70.6 Å². The van der Waals surface area contributed by atoms with Crippen LogP contribution in [0.2, 0.25) is 0 Å². The molecule has 0 atom stereocenters. The van der Waals surface area contributed by atoms with Crippen molar-refractivity contribution in [3.63, 3.8) is 0 Å². The predicted octanol–water partition coefficient (Wildman–Crippen LogP) is 3.98. The van der Waals surface area contributed by atoms with Crippen LogP contribution in [0.4, 0.5) is 0 Å². The lowest BCUT2D eigenvalue weighted by atomic mass is 10.0. The number of hydrogen-bond donors (Lipinski definition) is 0. The van der Waals surface area contributed by atoms with Gasteiger partial charge in [0.2, 0.25) is 0 Å². The molecular weight excluding hydrogens is 380 g/mol. The lowest BCUT2D eigenvalue weighted by Crippen LogP contribution is -2.43. The first-order chi connectivity index (χ1) is 14.5. The summed E-state index contributed by atoms with van der Waals surface area (Å²) in [6.07, 6.45) is 7.59. The van der Waals surface area contributed by atoms with E-state index in [1.54, 1.807) is 20.3 Å². The second-order valence-corrected chi connectivity index (χ2v) is 8.74. The van der Waals surface area contributed by atoms with Gasteiger partial charge in [0, 0.05) is 38.8 Å². The van der Waals surface area contributed by atoms with Crippen molar-refractivity contribution in [1.29, 1.82) is 0 Å². The van der Waals surface area contributed by atoms with Gasteiger partial charge < -0.3 is 24.0 Å². The molecule has 1 aliphatic carbocycles. The molecule has 1 heterocycles. The molecule has 30 heavy (non-hydrogen) atoms. The molecule has 0 radical (unpaired) electrons. The highest BCUT2D eigenvalue weighted by molar-refractivity contribution is 5.97. The van der Waals surface area contributed by atoms with Crippen LogP contribution in [0.15, 0.2) is 18.2 Å². The summed E-state index contributed by atoms with van der Waals surface area (Å²) < 4.78 is 17.0. The van der Waals surface area contributed by atoms with E-state index in [1.165, 1.54) is 25.7 Å². The van der Waals surface area contributed by atoms with E-state index < -0.39 is 0 Å². The molecule has 1 aromatic rings. The van der Waals surface area contributed by atoms with E-state index >= 15 is 0 Å². The maximum atomic E-state index is 13.4. The normalized spacial score (nSPS) is 18.7. The fourth-order valence-electron chi connectivity index (χ4n) is 4.65. The van der Waals surface area contributed by atoms with Gasteiger partial charge in [0.1, 0.15) is 17.6 Å². The van der Waals surface area contributed by atoms with Crippen molar-refractivity contribution in [3.05, 3.63) is 23.8 Å². The molecule has 2 fully saturated rings. The summed E-state index contributed by atoms with van der Waals surface area (Å²) in [5.41, 5.74) is 0.567. The SMILES string of the molecule is COCCN(C(=O)c1cc(OC)ccc1OC1CCN(C2CCCC2)CC1)C(C)C. The molecule has 3 rings (SSSR count). The molecule has 1 saturated heterocycles. The lowest BCUT2D eigenvalue weighted by molar-refractivity contribution is 0.0606. The average molecular weight is 419 g/mol. The molecule has 6 heteroatoms. The van der Waals surface area contributed by atoms with Crippen LogP contribution in [0, 0.1) is 0 Å². The van der Waals surface area contributed by atoms with Gasteiger partial charge in [0.25, 0.3) is 5.91 Å². The first kappa shape index (κ1) is 22.9. The summed E-state index contributed by atoms with van der Waals surface area (Å²) in [7, 11) is 3.27. The number of ether oxygens (including phenoxy) is 3. The maximum absolute atomic E-state index is 13.4. The van der Waals surface area contributed by atoms with Crippen LogP contribution in [-0.4, -0.2) is 74.4 Å². The number of amides is 1. The standard InChI is InChI=1S/C24H38N2O4/c1-18(2)26(15-16-28-3)24(27)22-17-21(29-4)9-10-23(22)30-20-11-13-25(14-12-20)19-7-5-6-8-19/h9-10,17-20H,5-8,11-16H2,1-4H3. The third-order valence-electron chi connectivity index (χ3n) is 6.45. The minimum Gasteiger partial charge on any atom is -0.497 e. The fourth-order valence-corrected chi connectivity index (χ4v) is 4.65. The van der Waals surface area contributed by atoms with Crippen LogP contribution in [-0.2, 0) is 4.74 Å². The van der Waals surface area contributed by atoms with Crippen molar-refractivity contribution in [2.75, 3.05) is 40.5 Å². The van der Waals surface area contributed by atoms with Crippen LogP contribution < -0.4 is 9.47 Å². The minimum absolute atomic E-state index is 0.0423. The van der Waals surface area contributed by atoms with Crippen LogP contribution in [0.3, 0.4) is 0 Å². The monoisotopic (exact) mass is 418 g/mol. The third kappa shape index (κ3) is 5.67. The summed E-state index contributed by atoms with van der Waals surface area (Å²) in [5.74, 6) is 1.28. The minimum atomic E-state index is -0.0423. The van der Waals surface area contributed by atoms with Crippen molar-refractivity contribution in [1.82, 2.24) is 9.80 Å². The van der Waals surface area contributed by atoms with E-state index in [4.69, 9.17) is 14.2 Å². The Kier molecular flexibility index (Phi) is 8.40. The topological polar surface area (TPSA) is 51.2 Å². The van der Waals surface area contributed by atoms with Crippen LogP contribution >= 0.6 is 0 Å². The van der Waals surface area contributed by atoms with Gasteiger partial charge in [-0.3, -0.25) is 4.79 Å². The summed E-state index contributed by atoms with van der Waals surface area (Å²) >= 11 is 0. The second kappa shape index (κ2) is 11.0. The summed E-state index contributed by atoms with van der Waals surface area (Å²) in [5, 5.41) is 0. The molecule has 1 aliphatic heterocycles. The number of benzene rings is 1. The highest BCUT2D eigenvalue weighted by atomic mass is 16.5. The van der Waals surface area contributed by atoms with Gasteiger partial charge in [-0.1, -0.05) is 12.8 Å². The molecule has 0 unspecified atom stereocenters. The van der Waals surface area contributed by atoms with Gasteiger partial charge in [-0.05, 0) is 57.7 Å². The van der Waals surface area contributed by atoms with Crippen LogP contribution in [0.5, 0.6) is 11.5 Å². The van der Waals surface area contributed by atoms with Gasteiger partial charge >= 0.3 is 0 Å². The van der Waals surface area contributed by atoms with Crippen molar-refractivity contribution >= 4 is 5.91 Å². The Balaban J connectivity index is 1.71. The highest BCUT2D eigenvalue weighted by Crippen LogP contribution is 2.31. The van der Waals surface area contributed by atoms with E-state index in [0.29, 0.717) is 30.2 Å². The van der Waals surface area contributed by atoms with E-state index in [0.717, 1.165) is 32.0 Å². The zero-order valence-corrected chi connectivity index (χ0v) is 19.1. The van der Waals surface area contributed by atoms with Crippen LogP contribution in [0.1, 0.15) is 62.7 Å². The quantitative estimate of drug-likeness (QED) is 0.607. The van der Waals surface area contributed by atoms with Gasteiger partial charge in [0.05, 0.1) is 19.3 Å². The van der Waals surface area contributed by atoms with Crippen molar-refractivity contribution in [2.24, 2.45) is 0 Å². The van der Waals surface area contributed by atoms with Crippen molar-refractivity contribution in [3.8, 4) is 11.5 Å². The smallest absolute Gasteiger partial charge is 0.258 e. The zero-order chi connectivity index (χ0) is 21.5. The van der Waals surface area contributed by atoms with E-state index in [9.17, 15) is 4.79 Å². The first-order valence-corrected chi connectivity index (χ1v) is 11.4. The maximum Gasteiger partial charge on any atom is 0.258 e. The Morgan fingerprint density at radius 2 is 1.83 bits per heavy atom. The Labute approximate surface area is 181 Å². The molecule has 1 amide bonds. The van der Waals surface area contributed by atoms with Gasteiger partial charge in [0.15, 0.2) is 0 Å². The molecule has 2 aliphatic rings. The number of methoxy groups -OCH3 is 2. The fraction of sp³-hybridized carbons (Fsp3) is 0.708. The van der Waals surface area contributed by atoms with E-state index in [1.807, 2.05) is 30.9 Å². The number of likely N-dealkylation sites (tertiary alicyclic amines) is 1. The number of hydrogen-bond acceptors (Lipinski definition) is 5. The lowest BCUT2D eigenvalue weighted by Gasteiger charge is -2.36. The molecule has 0 aromatic heterocycles. The van der Waals surface area contributed by atoms with Crippen LogP contribution in [0.25, 0.3) is 0 Å². The summed E-state index contributed by atoms with van der Waals surface area (Å²) in [6.45, 7) is 7.26. The summed E-state index contributed by atoms with van der Waals surface area (Å²) in [4.78, 5) is 17.8. The van der Waals surface area contributed by atoms with Gasteiger partial charge in [-0.2, -0.15) is 0 Å². The third-order valence-corrected chi connectivity index (χ3v) is 6.45. The molecule has 6 nitrogen and oxygen atoms in total.